The van der Waals surface area contributed by atoms with Crippen LogP contribution in [-0.4, -0.2) is 85.2 Å². The molecule has 0 saturated carbocycles. The molecule has 8 nitrogen and oxygen atoms in total. The summed E-state index contributed by atoms with van der Waals surface area (Å²) in [5.41, 5.74) is 2.62. The molecular formula is C23H33N3O5. The van der Waals surface area contributed by atoms with E-state index in [2.05, 4.69) is 29.4 Å². The number of carbonyl (C=O) groups excluding carboxylic acids is 2. The Balaban J connectivity index is 0.000000858. The smallest absolute Gasteiger partial charge is 0.290 e. The second kappa shape index (κ2) is 11.2. The fourth-order valence-corrected chi connectivity index (χ4v) is 4.83. The predicted octanol–water partition coefficient (Wildman–Crippen LogP) is 0.930. The van der Waals surface area contributed by atoms with Crippen LogP contribution in [-0.2, 0) is 32.0 Å². The van der Waals surface area contributed by atoms with Gasteiger partial charge in [-0.1, -0.05) is 24.3 Å². The first kappa shape index (κ1) is 23.2. The van der Waals surface area contributed by atoms with Crippen molar-refractivity contribution in [1.82, 2.24) is 15.1 Å². The maximum Gasteiger partial charge on any atom is 0.290 e. The molecule has 2 heterocycles. The second-order valence-electron chi connectivity index (χ2n) is 8.47. The third kappa shape index (κ3) is 6.04. The maximum absolute atomic E-state index is 12.6. The number of hydrogen-bond donors (Lipinski definition) is 2. The van der Waals surface area contributed by atoms with Crippen molar-refractivity contribution < 1.29 is 24.2 Å². The molecule has 0 radical (unpaired) electrons. The molecule has 2 aliphatic heterocycles. The third-order valence-electron chi connectivity index (χ3n) is 6.69. The molecule has 0 aromatic heterocycles. The second-order valence-corrected chi connectivity index (χ2v) is 8.47. The van der Waals surface area contributed by atoms with E-state index < -0.39 is 0 Å². The summed E-state index contributed by atoms with van der Waals surface area (Å²) in [6.45, 7) is 3.12. The molecule has 8 heteroatoms. The zero-order chi connectivity index (χ0) is 22.2. The van der Waals surface area contributed by atoms with E-state index in [9.17, 15) is 9.59 Å². The van der Waals surface area contributed by atoms with E-state index in [1.54, 1.807) is 0 Å². The maximum atomic E-state index is 12.6. The number of amides is 2. The molecule has 0 spiro atoms. The van der Waals surface area contributed by atoms with Gasteiger partial charge in [0.1, 0.15) is 0 Å². The summed E-state index contributed by atoms with van der Waals surface area (Å²) >= 11 is 0. The predicted molar refractivity (Wildman–Crippen MR) is 116 cm³/mol. The Morgan fingerprint density at radius 1 is 1.13 bits per heavy atom. The van der Waals surface area contributed by atoms with Gasteiger partial charge in [0.25, 0.3) is 6.47 Å². The van der Waals surface area contributed by atoms with Crippen molar-refractivity contribution >= 4 is 18.3 Å². The Bertz CT molecular complexity index is 740. The van der Waals surface area contributed by atoms with Crippen molar-refractivity contribution in [1.29, 1.82) is 0 Å². The molecular weight excluding hydrogens is 398 g/mol. The average molecular weight is 432 g/mol. The van der Waals surface area contributed by atoms with E-state index >= 15 is 0 Å². The molecule has 0 bridgehead atoms. The van der Waals surface area contributed by atoms with Crippen molar-refractivity contribution in [3.8, 4) is 0 Å². The first-order chi connectivity index (χ1) is 15.0. The summed E-state index contributed by atoms with van der Waals surface area (Å²) in [6.07, 6.45) is 4.31. The normalized spacial score (nSPS) is 23.6. The number of benzene rings is 1. The highest BCUT2D eigenvalue weighted by atomic mass is 16.5. The van der Waals surface area contributed by atoms with Crippen molar-refractivity contribution in [2.24, 2.45) is 5.92 Å². The molecule has 1 aliphatic carbocycles. The van der Waals surface area contributed by atoms with Crippen LogP contribution in [0.3, 0.4) is 0 Å². The van der Waals surface area contributed by atoms with E-state index in [0.717, 1.165) is 25.7 Å². The Morgan fingerprint density at radius 3 is 2.32 bits per heavy atom. The van der Waals surface area contributed by atoms with Gasteiger partial charge in [-0.25, -0.2) is 0 Å². The molecule has 3 aliphatic rings. The van der Waals surface area contributed by atoms with Crippen LogP contribution in [0, 0.1) is 5.92 Å². The van der Waals surface area contributed by atoms with Gasteiger partial charge in [0.2, 0.25) is 11.8 Å². The lowest BCUT2D eigenvalue weighted by Crippen LogP contribution is -2.45. The Hall–Kier alpha value is -2.45. The molecule has 2 amide bonds. The van der Waals surface area contributed by atoms with Crippen LogP contribution in [0.1, 0.15) is 30.4 Å². The number of nitrogens with one attached hydrogen (secondary N) is 1. The standard InChI is InChI=1S/C22H31N3O3.CH2O2/c1-24-19(14-21(26)25-8-10-28-11-9-25)6-7-20(24)15-23-22(27)18-12-16-4-2-3-5-17(16)13-18;2-1-3/h2-5,18-20H,6-15H2,1H3,(H,23,27);1H,(H,2,3)/t19-,20+;/m1./s1. The van der Waals surface area contributed by atoms with Gasteiger partial charge >= 0.3 is 0 Å². The number of likely N-dealkylation sites (N-methyl/N-ethyl adjacent to an activating group) is 1. The van der Waals surface area contributed by atoms with Crippen molar-refractivity contribution in [3.63, 3.8) is 0 Å². The molecule has 2 saturated heterocycles. The molecule has 0 unspecified atom stereocenters. The molecule has 2 atom stereocenters. The number of ether oxygens (including phenoxy) is 1. The van der Waals surface area contributed by atoms with Crippen LogP contribution in [0.4, 0.5) is 0 Å². The summed E-state index contributed by atoms with van der Waals surface area (Å²) in [5.74, 6) is 0.453. The molecule has 2 N–H and O–H groups in total. The Morgan fingerprint density at radius 2 is 1.71 bits per heavy atom. The topological polar surface area (TPSA) is 99.2 Å². The van der Waals surface area contributed by atoms with E-state index in [-0.39, 0.29) is 30.2 Å². The molecule has 4 rings (SSSR count). The fraction of sp³-hybridized carbons (Fsp3) is 0.609. The van der Waals surface area contributed by atoms with Gasteiger partial charge < -0.3 is 20.1 Å². The van der Waals surface area contributed by atoms with Crippen LogP contribution in [0.15, 0.2) is 24.3 Å². The zero-order valence-electron chi connectivity index (χ0n) is 18.2. The highest BCUT2D eigenvalue weighted by molar-refractivity contribution is 5.80. The fourth-order valence-electron chi connectivity index (χ4n) is 4.83. The van der Waals surface area contributed by atoms with Crippen LogP contribution in [0.25, 0.3) is 0 Å². The van der Waals surface area contributed by atoms with E-state index in [1.165, 1.54) is 11.1 Å². The van der Waals surface area contributed by atoms with Gasteiger partial charge in [-0.05, 0) is 43.9 Å². The van der Waals surface area contributed by atoms with Gasteiger partial charge in [-0.2, -0.15) is 0 Å². The average Bonchev–Trinajstić information content (AvgIpc) is 3.37. The number of rotatable bonds is 5. The minimum absolute atomic E-state index is 0.0582. The minimum Gasteiger partial charge on any atom is -0.483 e. The molecule has 31 heavy (non-hydrogen) atoms. The van der Waals surface area contributed by atoms with Crippen LogP contribution < -0.4 is 5.32 Å². The number of likely N-dealkylation sites (tertiary alicyclic amines) is 1. The number of hydrogen-bond acceptors (Lipinski definition) is 5. The summed E-state index contributed by atoms with van der Waals surface area (Å²) in [5, 5.41) is 10.1. The molecule has 1 aromatic carbocycles. The summed E-state index contributed by atoms with van der Waals surface area (Å²) in [6, 6.07) is 8.94. The zero-order valence-corrected chi connectivity index (χ0v) is 18.2. The summed E-state index contributed by atoms with van der Waals surface area (Å²) in [4.78, 5) is 37.7. The van der Waals surface area contributed by atoms with Gasteiger partial charge in [-0.3, -0.25) is 19.3 Å². The minimum atomic E-state index is -0.250. The summed E-state index contributed by atoms with van der Waals surface area (Å²) in [7, 11) is 2.09. The summed E-state index contributed by atoms with van der Waals surface area (Å²) < 4.78 is 5.33. The number of fused-ring (bicyclic) bond motifs is 1. The lowest BCUT2D eigenvalue weighted by molar-refractivity contribution is -0.136. The SMILES string of the molecule is CN1[C@@H](CC(=O)N2CCOCC2)CC[C@H]1CNC(=O)C1Cc2ccccc2C1.O=CO. The highest BCUT2D eigenvalue weighted by Gasteiger charge is 2.34. The van der Waals surface area contributed by atoms with Gasteiger partial charge in [0.05, 0.1) is 13.2 Å². The largest absolute Gasteiger partial charge is 0.483 e. The van der Waals surface area contributed by atoms with Gasteiger partial charge in [0.15, 0.2) is 0 Å². The van der Waals surface area contributed by atoms with E-state index in [4.69, 9.17) is 14.6 Å². The van der Waals surface area contributed by atoms with Crippen LogP contribution in [0.5, 0.6) is 0 Å². The van der Waals surface area contributed by atoms with E-state index in [0.29, 0.717) is 45.3 Å². The molecule has 2 fully saturated rings. The third-order valence-corrected chi connectivity index (χ3v) is 6.69. The van der Waals surface area contributed by atoms with Crippen molar-refractivity contribution in [2.45, 2.75) is 44.2 Å². The quantitative estimate of drug-likeness (QED) is 0.673. The van der Waals surface area contributed by atoms with Crippen molar-refractivity contribution in [3.05, 3.63) is 35.4 Å². The van der Waals surface area contributed by atoms with Gasteiger partial charge in [-0.15, -0.1) is 0 Å². The van der Waals surface area contributed by atoms with E-state index in [1.807, 2.05) is 17.0 Å². The number of carbonyl (C=O) groups is 3. The highest BCUT2D eigenvalue weighted by Crippen LogP contribution is 2.27. The molecule has 1 aromatic rings. The first-order valence-corrected chi connectivity index (χ1v) is 11.0. The number of nitrogens with zero attached hydrogens (tertiary/aromatic N) is 2. The monoisotopic (exact) mass is 431 g/mol. The number of carboxylic acid groups (broad SMARTS) is 1. The lowest BCUT2D eigenvalue weighted by atomic mass is 10.1. The number of morpholine rings is 1. The Kier molecular flexibility index (Phi) is 8.43. The molecule has 170 valence electrons. The van der Waals surface area contributed by atoms with Gasteiger partial charge in [0, 0.05) is 44.1 Å². The Labute approximate surface area is 183 Å². The van der Waals surface area contributed by atoms with Crippen LogP contribution in [0.2, 0.25) is 0 Å². The van der Waals surface area contributed by atoms with Crippen molar-refractivity contribution in [2.75, 3.05) is 39.9 Å². The first-order valence-electron chi connectivity index (χ1n) is 11.0. The lowest BCUT2D eigenvalue weighted by Gasteiger charge is -2.30. The van der Waals surface area contributed by atoms with Crippen LogP contribution >= 0.6 is 0 Å².